The van der Waals surface area contributed by atoms with Crippen molar-refractivity contribution in [2.24, 2.45) is 10.8 Å². The zero-order valence-electron chi connectivity index (χ0n) is 15.4. The predicted octanol–water partition coefficient (Wildman–Crippen LogP) is 5.56. The fourth-order valence-corrected chi connectivity index (χ4v) is 3.09. The Kier molecular flexibility index (Phi) is 4.73. The van der Waals surface area contributed by atoms with Crippen molar-refractivity contribution in [3.8, 4) is 0 Å². The lowest BCUT2D eigenvalue weighted by atomic mass is 9.56. The highest BCUT2D eigenvalue weighted by Gasteiger charge is 2.52. The van der Waals surface area contributed by atoms with Gasteiger partial charge in [-0.1, -0.05) is 96.1 Å². The number of aliphatic hydroxyl groups is 1. The molecule has 0 heterocycles. The van der Waals surface area contributed by atoms with E-state index in [1.807, 2.05) is 30.3 Å². The van der Waals surface area contributed by atoms with E-state index in [1.54, 1.807) is 0 Å². The van der Waals surface area contributed by atoms with Crippen LogP contribution in [0.25, 0.3) is 0 Å². The lowest BCUT2D eigenvalue weighted by molar-refractivity contribution is -0.0971. The van der Waals surface area contributed by atoms with Crippen LogP contribution in [0.1, 0.15) is 58.2 Å². The molecule has 0 radical (unpaired) electrons. The minimum absolute atomic E-state index is 0.0684. The van der Waals surface area contributed by atoms with E-state index < -0.39 is 5.60 Å². The molecule has 0 bridgehead atoms. The minimum atomic E-state index is -1.04. The maximum Gasteiger partial charge on any atom is 0.120 e. The molecule has 0 aliphatic rings. The Labute approximate surface area is 141 Å². The van der Waals surface area contributed by atoms with Gasteiger partial charge in [-0.25, -0.2) is 0 Å². The van der Waals surface area contributed by atoms with Crippen molar-refractivity contribution in [1.29, 1.82) is 0 Å². The molecule has 1 heteroatoms. The molecule has 0 aliphatic carbocycles. The fraction of sp³-hybridized carbons (Fsp3) is 0.455. The van der Waals surface area contributed by atoms with Gasteiger partial charge in [0.25, 0.3) is 0 Å². The van der Waals surface area contributed by atoms with Crippen molar-refractivity contribution in [2.75, 3.05) is 0 Å². The number of aryl methyl sites for hydroxylation is 1. The molecule has 1 unspecified atom stereocenters. The molecule has 0 saturated heterocycles. The number of hydrogen-bond acceptors (Lipinski definition) is 1. The first-order valence-electron chi connectivity index (χ1n) is 8.52. The topological polar surface area (TPSA) is 20.2 Å². The largest absolute Gasteiger partial charge is 0.380 e. The van der Waals surface area contributed by atoms with Gasteiger partial charge in [0, 0.05) is 5.41 Å². The summed E-state index contributed by atoms with van der Waals surface area (Å²) >= 11 is 0. The molecule has 1 nitrogen and oxygen atoms in total. The van der Waals surface area contributed by atoms with Gasteiger partial charge in [0.1, 0.15) is 5.60 Å². The third-order valence-electron chi connectivity index (χ3n) is 5.75. The monoisotopic (exact) mass is 310 g/mol. The van der Waals surface area contributed by atoms with E-state index in [0.29, 0.717) is 0 Å². The zero-order chi connectivity index (χ0) is 17.3. The SMILES string of the molecule is CCc1ccc(C(O)(c2ccccc2)C(C)(C)C(C)(C)C)cc1. The molecule has 0 aromatic heterocycles. The average molecular weight is 310 g/mol. The summed E-state index contributed by atoms with van der Waals surface area (Å²) in [6.45, 7) is 13.1. The van der Waals surface area contributed by atoms with Crippen LogP contribution in [0.3, 0.4) is 0 Å². The first kappa shape index (κ1) is 17.7. The Balaban J connectivity index is 2.70. The van der Waals surface area contributed by atoms with Crippen LogP contribution < -0.4 is 0 Å². The van der Waals surface area contributed by atoms with Gasteiger partial charge in [-0.3, -0.25) is 0 Å². The number of benzene rings is 2. The summed E-state index contributed by atoms with van der Waals surface area (Å²) in [6.07, 6.45) is 1.01. The third kappa shape index (κ3) is 2.95. The zero-order valence-corrected chi connectivity index (χ0v) is 15.4. The van der Waals surface area contributed by atoms with Crippen molar-refractivity contribution in [1.82, 2.24) is 0 Å². The van der Waals surface area contributed by atoms with Gasteiger partial charge in [0.05, 0.1) is 0 Å². The summed E-state index contributed by atoms with van der Waals surface area (Å²) in [4.78, 5) is 0. The number of hydrogen-bond donors (Lipinski definition) is 1. The second-order valence-electron chi connectivity index (χ2n) is 8.00. The maximum absolute atomic E-state index is 12.0. The van der Waals surface area contributed by atoms with Gasteiger partial charge < -0.3 is 5.11 Å². The minimum Gasteiger partial charge on any atom is -0.380 e. The van der Waals surface area contributed by atoms with E-state index in [0.717, 1.165) is 17.5 Å². The lowest BCUT2D eigenvalue weighted by Gasteiger charge is -2.51. The van der Waals surface area contributed by atoms with Gasteiger partial charge in [-0.15, -0.1) is 0 Å². The molecule has 0 fully saturated rings. The lowest BCUT2D eigenvalue weighted by Crippen LogP contribution is -2.50. The Bertz CT molecular complexity index is 632. The van der Waals surface area contributed by atoms with Gasteiger partial charge in [-0.2, -0.15) is 0 Å². The number of rotatable bonds is 4. The first-order chi connectivity index (χ1) is 10.6. The van der Waals surface area contributed by atoms with Crippen molar-refractivity contribution in [2.45, 2.75) is 53.6 Å². The highest BCUT2D eigenvalue weighted by molar-refractivity contribution is 5.40. The van der Waals surface area contributed by atoms with E-state index >= 15 is 0 Å². The van der Waals surface area contributed by atoms with Crippen LogP contribution in [0.2, 0.25) is 0 Å². The van der Waals surface area contributed by atoms with Crippen LogP contribution in [0.4, 0.5) is 0 Å². The molecule has 0 amide bonds. The van der Waals surface area contributed by atoms with Gasteiger partial charge in [0.15, 0.2) is 0 Å². The quantitative estimate of drug-likeness (QED) is 0.784. The van der Waals surface area contributed by atoms with E-state index in [-0.39, 0.29) is 10.8 Å². The van der Waals surface area contributed by atoms with Gasteiger partial charge in [0.2, 0.25) is 0 Å². The summed E-state index contributed by atoms with van der Waals surface area (Å²) in [5.41, 5.74) is 1.73. The summed E-state index contributed by atoms with van der Waals surface area (Å²) in [5, 5.41) is 12.0. The fourth-order valence-electron chi connectivity index (χ4n) is 3.09. The van der Waals surface area contributed by atoms with Crippen LogP contribution in [0, 0.1) is 10.8 Å². The molecule has 1 atom stereocenters. The maximum atomic E-state index is 12.0. The molecule has 0 saturated carbocycles. The smallest absolute Gasteiger partial charge is 0.120 e. The molecule has 0 aliphatic heterocycles. The molecule has 0 spiro atoms. The Hall–Kier alpha value is -1.60. The van der Waals surface area contributed by atoms with Crippen molar-refractivity contribution < 1.29 is 5.11 Å². The molecular formula is C22H30O. The van der Waals surface area contributed by atoms with Crippen LogP contribution in [0.15, 0.2) is 54.6 Å². The normalized spacial score (nSPS) is 15.3. The molecular weight excluding hydrogens is 280 g/mol. The highest BCUT2D eigenvalue weighted by Crippen LogP contribution is 2.54. The Morgan fingerprint density at radius 1 is 0.739 bits per heavy atom. The second-order valence-corrected chi connectivity index (χ2v) is 8.00. The molecule has 2 rings (SSSR count). The van der Waals surface area contributed by atoms with E-state index in [1.165, 1.54) is 5.56 Å². The molecule has 1 N–H and O–H groups in total. The average Bonchev–Trinajstić information content (AvgIpc) is 2.53. The van der Waals surface area contributed by atoms with Crippen molar-refractivity contribution in [3.05, 3.63) is 71.3 Å². The molecule has 2 aromatic rings. The van der Waals surface area contributed by atoms with Crippen LogP contribution >= 0.6 is 0 Å². The molecule has 124 valence electrons. The Morgan fingerprint density at radius 2 is 1.22 bits per heavy atom. The summed E-state index contributed by atoms with van der Waals surface area (Å²) in [6, 6.07) is 18.5. The van der Waals surface area contributed by atoms with Crippen LogP contribution in [-0.2, 0) is 12.0 Å². The molecule has 23 heavy (non-hydrogen) atoms. The van der Waals surface area contributed by atoms with Crippen molar-refractivity contribution in [3.63, 3.8) is 0 Å². The molecule has 2 aromatic carbocycles. The van der Waals surface area contributed by atoms with E-state index in [4.69, 9.17) is 0 Å². The van der Waals surface area contributed by atoms with Crippen LogP contribution in [0.5, 0.6) is 0 Å². The first-order valence-corrected chi connectivity index (χ1v) is 8.52. The van der Waals surface area contributed by atoms with Gasteiger partial charge in [-0.05, 0) is 28.5 Å². The van der Waals surface area contributed by atoms with E-state index in [2.05, 4.69) is 65.8 Å². The standard InChI is InChI=1S/C22H30O/c1-7-17-13-15-19(16-14-17)22(23,18-11-9-8-10-12-18)21(5,6)20(2,3)4/h8-16,23H,7H2,1-6H3. The van der Waals surface area contributed by atoms with Crippen molar-refractivity contribution >= 4 is 0 Å². The highest BCUT2D eigenvalue weighted by atomic mass is 16.3. The second kappa shape index (κ2) is 6.13. The van der Waals surface area contributed by atoms with E-state index in [9.17, 15) is 5.11 Å². The predicted molar refractivity (Wildman–Crippen MR) is 98.5 cm³/mol. The summed E-state index contributed by atoms with van der Waals surface area (Å²) < 4.78 is 0. The Morgan fingerprint density at radius 3 is 1.65 bits per heavy atom. The van der Waals surface area contributed by atoms with Crippen LogP contribution in [-0.4, -0.2) is 5.11 Å². The summed E-state index contributed by atoms with van der Waals surface area (Å²) in [5.74, 6) is 0. The van der Waals surface area contributed by atoms with Gasteiger partial charge >= 0.3 is 0 Å². The third-order valence-corrected chi connectivity index (χ3v) is 5.75. The summed E-state index contributed by atoms with van der Waals surface area (Å²) in [7, 11) is 0.